The minimum Gasteiger partial charge on any atom is -0.394 e. The van der Waals surface area contributed by atoms with Gasteiger partial charge in [-0.1, -0.05) is 6.92 Å². The summed E-state index contributed by atoms with van der Waals surface area (Å²) < 4.78 is 13.4. The van der Waals surface area contributed by atoms with Crippen LogP contribution in [-0.4, -0.2) is 28.8 Å². The SMILES string of the molecule is CC[C@H](CO)NC(=O)N[C@H](C)c1ccncc1F. The number of amides is 2. The summed E-state index contributed by atoms with van der Waals surface area (Å²) in [7, 11) is 0. The molecular weight excluding hydrogens is 237 g/mol. The lowest BCUT2D eigenvalue weighted by Crippen LogP contribution is -2.44. The number of pyridine rings is 1. The van der Waals surface area contributed by atoms with Crippen molar-refractivity contribution in [2.24, 2.45) is 0 Å². The molecule has 2 amide bonds. The first-order valence-electron chi connectivity index (χ1n) is 5.85. The van der Waals surface area contributed by atoms with Crippen molar-refractivity contribution in [3.63, 3.8) is 0 Å². The van der Waals surface area contributed by atoms with Crippen molar-refractivity contribution in [3.05, 3.63) is 29.8 Å². The average molecular weight is 255 g/mol. The van der Waals surface area contributed by atoms with Gasteiger partial charge in [0.2, 0.25) is 0 Å². The molecule has 1 aromatic heterocycles. The van der Waals surface area contributed by atoms with Gasteiger partial charge in [-0.2, -0.15) is 0 Å². The first-order valence-corrected chi connectivity index (χ1v) is 5.85. The normalized spacial score (nSPS) is 13.8. The Hall–Kier alpha value is -1.69. The summed E-state index contributed by atoms with van der Waals surface area (Å²) in [6.07, 6.45) is 3.20. The fourth-order valence-electron chi connectivity index (χ4n) is 1.52. The maximum atomic E-state index is 13.4. The Morgan fingerprint density at radius 1 is 1.56 bits per heavy atom. The lowest BCUT2D eigenvalue weighted by atomic mass is 10.1. The maximum Gasteiger partial charge on any atom is 0.315 e. The lowest BCUT2D eigenvalue weighted by molar-refractivity contribution is 0.212. The zero-order valence-corrected chi connectivity index (χ0v) is 10.5. The van der Waals surface area contributed by atoms with Gasteiger partial charge in [0.25, 0.3) is 0 Å². The fraction of sp³-hybridized carbons (Fsp3) is 0.500. The summed E-state index contributed by atoms with van der Waals surface area (Å²) in [6, 6.07) is 0.326. The number of nitrogens with one attached hydrogen (secondary N) is 2. The Balaban J connectivity index is 2.57. The summed E-state index contributed by atoms with van der Waals surface area (Å²) in [5.41, 5.74) is 0.372. The molecule has 0 aliphatic rings. The van der Waals surface area contributed by atoms with Crippen LogP contribution in [0.25, 0.3) is 0 Å². The second kappa shape index (κ2) is 6.90. The van der Waals surface area contributed by atoms with Crippen molar-refractivity contribution in [1.82, 2.24) is 15.6 Å². The number of hydrogen-bond donors (Lipinski definition) is 3. The van der Waals surface area contributed by atoms with E-state index in [2.05, 4.69) is 15.6 Å². The van der Waals surface area contributed by atoms with Gasteiger partial charge in [-0.05, 0) is 19.4 Å². The van der Waals surface area contributed by atoms with E-state index >= 15 is 0 Å². The second-order valence-corrected chi connectivity index (χ2v) is 4.02. The van der Waals surface area contributed by atoms with Crippen molar-refractivity contribution in [1.29, 1.82) is 0 Å². The molecule has 0 bridgehead atoms. The molecule has 0 aliphatic heterocycles. The molecule has 0 spiro atoms. The van der Waals surface area contributed by atoms with E-state index in [9.17, 15) is 9.18 Å². The number of aromatic nitrogens is 1. The van der Waals surface area contributed by atoms with Gasteiger partial charge < -0.3 is 15.7 Å². The number of aliphatic hydroxyl groups is 1. The highest BCUT2D eigenvalue weighted by Crippen LogP contribution is 2.14. The van der Waals surface area contributed by atoms with E-state index in [1.807, 2.05) is 6.92 Å². The Kier molecular flexibility index (Phi) is 5.51. The van der Waals surface area contributed by atoms with Crippen LogP contribution in [0.5, 0.6) is 0 Å². The summed E-state index contributed by atoms with van der Waals surface area (Å²) in [4.78, 5) is 15.2. The minimum absolute atomic E-state index is 0.123. The van der Waals surface area contributed by atoms with Gasteiger partial charge in [0.05, 0.1) is 24.9 Å². The van der Waals surface area contributed by atoms with Gasteiger partial charge in [0, 0.05) is 11.8 Å². The number of urea groups is 1. The van der Waals surface area contributed by atoms with Crippen LogP contribution in [0.3, 0.4) is 0 Å². The van der Waals surface area contributed by atoms with Crippen LogP contribution in [0.4, 0.5) is 9.18 Å². The van der Waals surface area contributed by atoms with Crippen molar-refractivity contribution in [3.8, 4) is 0 Å². The van der Waals surface area contributed by atoms with E-state index in [0.717, 1.165) is 6.20 Å². The Morgan fingerprint density at radius 2 is 2.28 bits per heavy atom. The predicted molar refractivity (Wildman–Crippen MR) is 65.4 cm³/mol. The van der Waals surface area contributed by atoms with E-state index in [-0.39, 0.29) is 12.6 Å². The van der Waals surface area contributed by atoms with E-state index in [1.165, 1.54) is 12.3 Å². The molecule has 100 valence electrons. The molecule has 0 fully saturated rings. The number of aliphatic hydroxyl groups excluding tert-OH is 1. The first-order chi connectivity index (χ1) is 8.58. The van der Waals surface area contributed by atoms with Crippen LogP contribution in [0.2, 0.25) is 0 Å². The largest absolute Gasteiger partial charge is 0.394 e. The predicted octanol–water partition coefficient (Wildman–Crippen LogP) is 1.35. The Bertz CT molecular complexity index is 397. The van der Waals surface area contributed by atoms with E-state index < -0.39 is 17.9 Å². The molecule has 1 rings (SSSR count). The molecule has 0 unspecified atom stereocenters. The van der Waals surface area contributed by atoms with Crippen molar-refractivity contribution >= 4 is 6.03 Å². The molecule has 3 N–H and O–H groups in total. The average Bonchev–Trinajstić information content (AvgIpc) is 2.36. The number of halogens is 1. The first kappa shape index (κ1) is 14.4. The Morgan fingerprint density at radius 3 is 2.83 bits per heavy atom. The summed E-state index contributed by atoms with van der Waals surface area (Å²) >= 11 is 0. The molecular formula is C12H18FN3O2. The van der Waals surface area contributed by atoms with Gasteiger partial charge >= 0.3 is 6.03 Å². The number of carbonyl (C=O) groups is 1. The summed E-state index contributed by atoms with van der Waals surface area (Å²) in [5.74, 6) is -0.459. The molecule has 0 aromatic carbocycles. The van der Waals surface area contributed by atoms with E-state index in [1.54, 1.807) is 6.92 Å². The molecule has 0 saturated carbocycles. The quantitative estimate of drug-likeness (QED) is 0.743. The van der Waals surface area contributed by atoms with Crippen LogP contribution in [0.15, 0.2) is 18.5 Å². The highest BCUT2D eigenvalue weighted by molar-refractivity contribution is 5.74. The smallest absolute Gasteiger partial charge is 0.315 e. The standard InChI is InChI=1S/C12H18FN3O2/c1-3-9(7-17)16-12(18)15-8(2)10-4-5-14-6-11(10)13/h4-6,8-9,17H,3,7H2,1-2H3,(H2,15,16,18)/t8-,9-/m1/s1. The van der Waals surface area contributed by atoms with E-state index in [0.29, 0.717) is 12.0 Å². The minimum atomic E-state index is -0.468. The topological polar surface area (TPSA) is 74.2 Å². The van der Waals surface area contributed by atoms with Crippen molar-refractivity contribution in [2.45, 2.75) is 32.4 Å². The summed E-state index contributed by atoms with van der Waals surface area (Å²) in [5, 5.41) is 14.2. The lowest BCUT2D eigenvalue weighted by Gasteiger charge is -2.18. The molecule has 0 aliphatic carbocycles. The summed E-state index contributed by atoms with van der Waals surface area (Å²) in [6.45, 7) is 3.41. The van der Waals surface area contributed by atoms with Gasteiger partial charge in [-0.15, -0.1) is 0 Å². The molecule has 2 atom stereocenters. The van der Waals surface area contributed by atoms with Crippen LogP contribution in [0, 0.1) is 5.82 Å². The number of carbonyl (C=O) groups excluding carboxylic acids is 1. The van der Waals surface area contributed by atoms with Crippen molar-refractivity contribution < 1.29 is 14.3 Å². The van der Waals surface area contributed by atoms with Crippen LogP contribution >= 0.6 is 0 Å². The molecule has 0 saturated heterocycles. The molecule has 18 heavy (non-hydrogen) atoms. The maximum absolute atomic E-state index is 13.4. The van der Waals surface area contributed by atoms with Crippen molar-refractivity contribution in [2.75, 3.05) is 6.61 Å². The van der Waals surface area contributed by atoms with Gasteiger partial charge in [0.15, 0.2) is 0 Å². The third-order valence-corrected chi connectivity index (χ3v) is 2.67. The molecule has 5 nitrogen and oxygen atoms in total. The molecule has 0 radical (unpaired) electrons. The van der Waals surface area contributed by atoms with E-state index in [4.69, 9.17) is 5.11 Å². The molecule has 1 heterocycles. The van der Waals surface area contributed by atoms with Gasteiger partial charge in [-0.3, -0.25) is 4.98 Å². The number of hydrogen-bond acceptors (Lipinski definition) is 3. The highest BCUT2D eigenvalue weighted by Gasteiger charge is 2.15. The fourth-order valence-corrected chi connectivity index (χ4v) is 1.52. The second-order valence-electron chi connectivity index (χ2n) is 4.02. The molecule has 1 aromatic rings. The number of nitrogens with zero attached hydrogens (tertiary/aromatic N) is 1. The zero-order valence-electron chi connectivity index (χ0n) is 10.5. The van der Waals surface area contributed by atoms with Gasteiger partial charge in [-0.25, -0.2) is 9.18 Å². The third-order valence-electron chi connectivity index (χ3n) is 2.67. The molecule has 6 heteroatoms. The Labute approximate surface area is 105 Å². The van der Waals surface area contributed by atoms with Gasteiger partial charge in [0.1, 0.15) is 5.82 Å². The third kappa shape index (κ3) is 3.96. The van der Waals surface area contributed by atoms with Crippen LogP contribution in [0.1, 0.15) is 31.9 Å². The monoisotopic (exact) mass is 255 g/mol. The highest BCUT2D eigenvalue weighted by atomic mass is 19.1. The zero-order chi connectivity index (χ0) is 13.5. The number of rotatable bonds is 5. The van der Waals surface area contributed by atoms with Crippen LogP contribution in [-0.2, 0) is 0 Å². The van der Waals surface area contributed by atoms with Crippen LogP contribution < -0.4 is 10.6 Å².